The molecule has 1 amide bonds. The minimum Gasteiger partial charge on any atom is -0.497 e. The van der Waals surface area contributed by atoms with Crippen molar-refractivity contribution in [3.05, 3.63) is 36.5 Å². The predicted octanol–water partition coefficient (Wildman–Crippen LogP) is 2.86. The smallest absolute Gasteiger partial charge is 0.231 e. The second kappa shape index (κ2) is 5.24. The number of hydrogen-bond donors (Lipinski definition) is 1. The summed E-state index contributed by atoms with van der Waals surface area (Å²) in [7, 11) is 1.59. The standard InChI is InChI=1S/C15H13N3O3/c1-9(19)17-14-11(4-3-7-16-14)15-18-12-6-5-10(20-2)8-13(12)21-15/h3-8H,1-2H3,(H,16,17,19). The van der Waals surface area contributed by atoms with Crippen LogP contribution in [0.1, 0.15) is 6.92 Å². The highest BCUT2D eigenvalue weighted by Gasteiger charge is 2.14. The van der Waals surface area contributed by atoms with E-state index >= 15 is 0 Å². The molecule has 6 nitrogen and oxygen atoms in total. The number of rotatable bonds is 3. The Hall–Kier alpha value is -2.89. The summed E-state index contributed by atoms with van der Waals surface area (Å²) in [5, 5.41) is 2.66. The summed E-state index contributed by atoms with van der Waals surface area (Å²) in [6, 6.07) is 8.94. The highest BCUT2D eigenvalue weighted by atomic mass is 16.5. The van der Waals surface area contributed by atoms with Gasteiger partial charge in [-0.25, -0.2) is 9.97 Å². The normalized spacial score (nSPS) is 10.6. The van der Waals surface area contributed by atoms with Gasteiger partial charge in [-0.15, -0.1) is 0 Å². The number of nitrogens with one attached hydrogen (secondary N) is 1. The van der Waals surface area contributed by atoms with Crippen LogP contribution in [0.3, 0.4) is 0 Å². The molecule has 1 aromatic carbocycles. The third-order valence-electron chi connectivity index (χ3n) is 2.93. The molecule has 0 saturated carbocycles. The van der Waals surface area contributed by atoms with Crippen molar-refractivity contribution in [2.24, 2.45) is 0 Å². The van der Waals surface area contributed by atoms with Gasteiger partial charge in [0, 0.05) is 19.2 Å². The fraction of sp³-hybridized carbons (Fsp3) is 0.133. The molecule has 3 aromatic rings. The zero-order valence-electron chi connectivity index (χ0n) is 11.6. The molecule has 0 spiro atoms. The number of pyridine rings is 1. The van der Waals surface area contributed by atoms with E-state index in [1.54, 1.807) is 31.5 Å². The lowest BCUT2D eigenvalue weighted by atomic mass is 10.2. The van der Waals surface area contributed by atoms with Gasteiger partial charge in [-0.3, -0.25) is 4.79 Å². The SMILES string of the molecule is COc1ccc2nc(-c3cccnc3NC(C)=O)oc2c1. The van der Waals surface area contributed by atoms with Crippen molar-refractivity contribution in [1.29, 1.82) is 0 Å². The molecular weight excluding hydrogens is 270 g/mol. The summed E-state index contributed by atoms with van der Waals surface area (Å²) in [6.45, 7) is 1.43. The van der Waals surface area contributed by atoms with Gasteiger partial charge in [0.2, 0.25) is 11.8 Å². The van der Waals surface area contributed by atoms with Gasteiger partial charge in [0.05, 0.1) is 12.7 Å². The monoisotopic (exact) mass is 283 g/mol. The maximum atomic E-state index is 11.2. The van der Waals surface area contributed by atoms with Gasteiger partial charge in [0.25, 0.3) is 0 Å². The molecule has 0 aliphatic carbocycles. The summed E-state index contributed by atoms with van der Waals surface area (Å²) >= 11 is 0. The minimum absolute atomic E-state index is 0.201. The van der Waals surface area contributed by atoms with Gasteiger partial charge in [0.1, 0.15) is 17.1 Å². The van der Waals surface area contributed by atoms with Crippen LogP contribution in [0.5, 0.6) is 5.75 Å². The van der Waals surface area contributed by atoms with E-state index in [2.05, 4.69) is 15.3 Å². The summed E-state index contributed by atoms with van der Waals surface area (Å²) < 4.78 is 10.9. The first-order valence-corrected chi connectivity index (χ1v) is 6.35. The molecule has 0 fully saturated rings. The highest BCUT2D eigenvalue weighted by Crippen LogP contribution is 2.30. The number of oxazole rings is 1. The van der Waals surface area contributed by atoms with Crippen molar-refractivity contribution in [3.63, 3.8) is 0 Å². The summed E-state index contributed by atoms with van der Waals surface area (Å²) in [4.78, 5) is 19.8. The van der Waals surface area contributed by atoms with Crippen LogP contribution in [0, 0.1) is 0 Å². The fourth-order valence-electron chi connectivity index (χ4n) is 1.99. The zero-order valence-corrected chi connectivity index (χ0v) is 11.6. The van der Waals surface area contributed by atoms with E-state index in [1.165, 1.54) is 6.92 Å². The molecule has 6 heteroatoms. The van der Waals surface area contributed by atoms with Crippen molar-refractivity contribution in [2.45, 2.75) is 6.92 Å². The lowest BCUT2D eigenvalue weighted by Crippen LogP contribution is -2.08. The van der Waals surface area contributed by atoms with Crippen LogP contribution in [-0.2, 0) is 4.79 Å². The molecule has 21 heavy (non-hydrogen) atoms. The summed E-state index contributed by atoms with van der Waals surface area (Å²) in [6.07, 6.45) is 1.60. The van der Waals surface area contributed by atoms with Gasteiger partial charge >= 0.3 is 0 Å². The number of carbonyl (C=O) groups is 1. The van der Waals surface area contributed by atoms with E-state index in [-0.39, 0.29) is 5.91 Å². The first-order chi connectivity index (χ1) is 10.2. The predicted molar refractivity (Wildman–Crippen MR) is 78.1 cm³/mol. The molecule has 1 N–H and O–H groups in total. The average Bonchev–Trinajstić information content (AvgIpc) is 2.89. The van der Waals surface area contributed by atoms with Gasteiger partial charge in [0.15, 0.2) is 5.58 Å². The molecule has 0 aliphatic heterocycles. The number of fused-ring (bicyclic) bond motifs is 1. The molecule has 0 aliphatic rings. The van der Waals surface area contributed by atoms with Crippen LogP contribution < -0.4 is 10.1 Å². The van der Waals surface area contributed by atoms with E-state index < -0.39 is 0 Å². The number of nitrogens with zero attached hydrogens (tertiary/aromatic N) is 2. The maximum absolute atomic E-state index is 11.2. The topological polar surface area (TPSA) is 77.3 Å². The van der Waals surface area contributed by atoms with Crippen LogP contribution in [0.2, 0.25) is 0 Å². The zero-order chi connectivity index (χ0) is 14.8. The van der Waals surface area contributed by atoms with Crippen LogP contribution in [-0.4, -0.2) is 23.0 Å². The second-order valence-electron chi connectivity index (χ2n) is 4.43. The first-order valence-electron chi connectivity index (χ1n) is 6.35. The van der Waals surface area contributed by atoms with Crippen LogP contribution >= 0.6 is 0 Å². The Morgan fingerprint density at radius 2 is 2.19 bits per heavy atom. The lowest BCUT2D eigenvalue weighted by Gasteiger charge is -2.04. The Kier molecular flexibility index (Phi) is 3.27. The largest absolute Gasteiger partial charge is 0.497 e. The number of ether oxygens (including phenoxy) is 1. The lowest BCUT2D eigenvalue weighted by molar-refractivity contribution is -0.114. The third-order valence-corrected chi connectivity index (χ3v) is 2.93. The maximum Gasteiger partial charge on any atom is 0.231 e. The van der Waals surface area contributed by atoms with E-state index in [1.807, 2.05) is 12.1 Å². The van der Waals surface area contributed by atoms with Gasteiger partial charge in [-0.1, -0.05) is 0 Å². The molecule has 0 saturated heterocycles. The number of methoxy groups -OCH3 is 1. The van der Waals surface area contributed by atoms with E-state index in [0.717, 1.165) is 0 Å². The molecule has 0 radical (unpaired) electrons. The number of carbonyl (C=O) groups excluding carboxylic acids is 1. The summed E-state index contributed by atoms with van der Waals surface area (Å²) in [5.41, 5.74) is 1.95. The second-order valence-corrected chi connectivity index (χ2v) is 4.43. The number of benzene rings is 1. The van der Waals surface area contributed by atoms with Crippen LogP contribution in [0.4, 0.5) is 5.82 Å². The van der Waals surface area contributed by atoms with Gasteiger partial charge in [-0.2, -0.15) is 0 Å². The molecule has 2 aromatic heterocycles. The third kappa shape index (κ3) is 2.55. The summed E-state index contributed by atoms with van der Waals surface area (Å²) in [5.74, 6) is 1.31. The molecule has 0 unspecified atom stereocenters. The van der Waals surface area contributed by atoms with Crippen molar-refractivity contribution in [1.82, 2.24) is 9.97 Å². The Morgan fingerprint density at radius 1 is 1.33 bits per heavy atom. The van der Waals surface area contributed by atoms with E-state index in [9.17, 15) is 4.79 Å². The van der Waals surface area contributed by atoms with Crippen LogP contribution in [0.25, 0.3) is 22.6 Å². The Bertz CT molecular complexity index is 811. The average molecular weight is 283 g/mol. The quantitative estimate of drug-likeness (QED) is 0.799. The first kappa shape index (κ1) is 13.1. The fourth-order valence-corrected chi connectivity index (χ4v) is 1.99. The molecule has 0 bridgehead atoms. The van der Waals surface area contributed by atoms with Gasteiger partial charge < -0.3 is 14.5 Å². The van der Waals surface area contributed by atoms with Crippen LogP contribution in [0.15, 0.2) is 40.9 Å². The van der Waals surface area contributed by atoms with Gasteiger partial charge in [-0.05, 0) is 24.3 Å². The minimum atomic E-state index is -0.201. The number of hydrogen-bond acceptors (Lipinski definition) is 5. The Balaban J connectivity index is 2.10. The number of amides is 1. The molecular formula is C15H13N3O3. The molecule has 0 atom stereocenters. The Morgan fingerprint density at radius 3 is 2.95 bits per heavy atom. The molecule has 2 heterocycles. The van der Waals surface area contributed by atoms with E-state index in [0.29, 0.717) is 34.1 Å². The van der Waals surface area contributed by atoms with E-state index in [4.69, 9.17) is 9.15 Å². The Labute approximate surface area is 120 Å². The molecule has 3 rings (SSSR count). The van der Waals surface area contributed by atoms with Crippen molar-refractivity contribution < 1.29 is 13.9 Å². The highest BCUT2D eigenvalue weighted by molar-refractivity contribution is 5.92. The molecule has 106 valence electrons. The number of aromatic nitrogens is 2. The van der Waals surface area contributed by atoms with Crippen molar-refractivity contribution in [3.8, 4) is 17.2 Å². The van der Waals surface area contributed by atoms with Crippen molar-refractivity contribution in [2.75, 3.05) is 12.4 Å². The van der Waals surface area contributed by atoms with Crippen molar-refractivity contribution >= 4 is 22.8 Å². The number of anilines is 1.